The molecule has 2 N–H and O–H groups in total. The van der Waals surface area contributed by atoms with E-state index in [1.165, 1.54) is 12.1 Å². The zero-order valence-corrected chi connectivity index (χ0v) is 13.8. The Bertz CT molecular complexity index is 857. The van der Waals surface area contributed by atoms with Gasteiger partial charge < -0.3 is 5.11 Å². The number of halogens is 3. The Hall–Kier alpha value is -1.64. The molecule has 0 aliphatic heterocycles. The molecule has 0 aromatic heterocycles. The second-order valence-corrected chi connectivity index (χ2v) is 7.09. The maximum atomic E-state index is 13.0. The average Bonchev–Trinajstić information content (AvgIpc) is 2.41. The van der Waals surface area contributed by atoms with E-state index in [-0.39, 0.29) is 25.6 Å². The molecule has 0 bridgehead atoms. The van der Waals surface area contributed by atoms with Crippen LogP contribution in [0.5, 0.6) is 0 Å². The topological polar surface area (TPSA) is 83.5 Å². The van der Waals surface area contributed by atoms with Gasteiger partial charge in [-0.2, -0.15) is 0 Å². The molecule has 116 valence electrons. The minimum Gasteiger partial charge on any atom is -0.478 e. The number of nitrogens with one attached hydrogen (secondary N) is 1. The molecule has 0 aliphatic rings. The van der Waals surface area contributed by atoms with Crippen LogP contribution in [0.2, 0.25) is 5.02 Å². The Morgan fingerprint density at radius 3 is 2.45 bits per heavy atom. The summed E-state index contributed by atoms with van der Waals surface area (Å²) in [7, 11) is -4.02. The third kappa shape index (κ3) is 3.57. The monoisotopic (exact) mass is 407 g/mol. The summed E-state index contributed by atoms with van der Waals surface area (Å²) in [6.07, 6.45) is 0. The number of carbonyl (C=O) groups is 1. The van der Waals surface area contributed by atoms with E-state index in [4.69, 9.17) is 16.7 Å². The van der Waals surface area contributed by atoms with Gasteiger partial charge in [-0.3, -0.25) is 4.72 Å². The number of carboxylic acid groups (broad SMARTS) is 1. The maximum Gasteiger partial charge on any atom is 0.335 e. The van der Waals surface area contributed by atoms with Crippen molar-refractivity contribution in [1.82, 2.24) is 0 Å². The molecule has 0 heterocycles. The predicted molar refractivity (Wildman–Crippen MR) is 83.3 cm³/mol. The van der Waals surface area contributed by atoms with Gasteiger partial charge in [-0.1, -0.05) is 11.6 Å². The minimum absolute atomic E-state index is 0.0114. The van der Waals surface area contributed by atoms with Crippen LogP contribution < -0.4 is 4.72 Å². The predicted octanol–water partition coefficient (Wildman–Crippen LogP) is 3.74. The molecule has 0 saturated carbocycles. The summed E-state index contributed by atoms with van der Waals surface area (Å²) in [5.74, 6) is -1.78. The third-order valence-corrected chi connectivity index (χ3v) is 5.30. The molecule has 5 nitrogen and oxygen atoms in total. The molecule has 0 amide bonds. The Morgan fingerprint density at radius 1 is 1.23 bits per heavy atom. The van der Waals surface area contributed by atoms with Crippen LogP contribution in [0, 0.1) is 5.82 Å². The van der Waals surface area contributed by atoms with E-state index in [0.29, 0.717) is 0 Å². The summed E-state index contributed by atoms with van der Waals surface area (Å²) in [6, 6.07) is 6.70. The van der Waals surface area contributed by atoms with E-state index in [1.807, 2.05) is 0 Å². The molecule has 0 aliphatic carbocycles. The van der Waals surface area contributed by atoms with Gasteiger partial charge in [0, 0.05) is 4.47 Å². The number of carboxylic acids is 1. The molecular weight excluding hydrogens is 401 g/mol. The smallest absolute Gasteiger partial charge is 0.335 e. The molecule has 0 saturated heterocycles. The molecule has 0 fully saturated rings. The minimum atomic E-state index is -4.02. The van der Waals surface area contributed by atoms with Gasteiger partial charge in [0.2, 0.25) is 0 Å². The van der Waals surface area contributed by atoms with Crippen LogP contribution in [-0.4, -0.2) is 19.5 Å². The molecule has 0 spiro atoms. The highest BCUT2D eigenvalue weighted by atomic mass is 79.9. The van der Waals surface area contributed by atoms with Gasteiger partial charge in [0.1, 0.15) is 10.7 Å². The lowest BCUT2D eigenvalue weighted by Gasteiger charge is -2.11. The van der Waals surface area contributed by atoms with Crippen LogP contribution in [0.15, 0.2) is 45.8 Å². The van der Waals surface area contributed by atoms with E-state index >= 15 is 0 Å². The maximum absolute atomic E-state index is 13.0. The van der Waals surface area contributed by atoms with Gasteiger partial charge in [-0.15, -0.1) is 0 Å². The highest BCUT2D eigenvalue weighted by Gasteiger charge is 2.20. The number of hydrogen-bond donors (Lipinski definition) is 2. The molecule has 0 radical (unpaired) electrons. The van der Waals surface area contributed by atoms with Gasteiger partial charge in [0.05, 0.1) is 16.3 Å². The van der Waals surface area contributed by atoms with Crippen molar-refractivity contribution in [3.8, 4) is 0 Å². The summed E-state index contributed by atoms with van der Waals surface area (Å²) in [5, 5.41) is 8.77. The Kier molecular flexibility index (Phi) is 4.74. The number of hydrogen-bond acceptors (Lipinski definition) is 3. The van der Waals surface area contributed by atoms with Crippen molar-refractivity contribution in [2.75, 3.05) is 4.72 Å². The van der Waals surface area contributed by atoms with Gasteiger partial charge in [-0.05, 0) is 52.3 Å². The largest absolute Gasteiger partial charge is 0.478 e. The Labute approximate surface area is 138 Å². The number of anilines is 1. The van der Waals surface area contributed by atoms with Gasteiger partial charge in [0.25, 0.3) is 10.0 Å². The fraction of sp³-hybridized carbons (Fsp3) is 0. The SMILES string of the molecule is O=C(O)c1ccc(S(=O)(=O)Nc2ccc(F)cc2Cl)c(Br)c1. The summed E-state index contributed by atoms with van der Waals surface area (Å²) in [5.41, 5.74) is -0.0529. The first-order chi connectivity index (χ1) is 10.2. The van der Waals surface area contributed by atoms with Crippen molar-refractivity contribution in [2.24, 2.45) is 0 Å². The van der Waals surface area contributed by atoms with Crippen LogP contribution in [0.25, 0.3) is 0 Å². The van der Waals surface area contributed by atoms with Crippen LogP contribution in [-0.2, 0) is 10.0 Å². The average molecular weight is 409 g/mol. The fourth-order valence-corrected chi connectivity index (χ4v) is 4.05. The first-order valence-electron chi connectivity index (χ1n) is 5.71. The lowest BCUT2D eigenvalue weighted by molar-refractivity contribution is 0.0696. The summed E-state index contributed by atoms with van der Waals surface area (Å²) < 4.78 is 39.9. The quantitative estimate of drug-likeness (QED) is 0.807. The third-order valence-electron chi connectivity index (χ3n) is 2.64. The highest BCUT2D eigenvalue weighted by molar-refractivity contribution is 9.10. The molecule has 22 heavy (non-hydrogen) atoms. The highest BCUT2D eigenvalue weighted by Crippen LogP contribution is 2.28. The van der Waals surface area contributed by atoms with E-state index in [1.54, 1.807) is 0 Å². The van der Waals surface area contributed by atoms with Gasteiger partial charge in [-0.25, -0.2) is 17.6 Å². The number of sulfonamides is 1. The Balaban J connectivity index is 2.40. The standard InChI is InChI=1S/C13H8BrClFNO4S/c14-9-5-7(13(18)19)1-4-12(9)22(20,21)17-11-3-2-8(16)6-10(11)15/h1-6,17H,(H,18,19). The first-order valence-corrected chi connectivity index (χ1v) is 8.37. The molecule has 0 unspecified atom stereocenters. The second kappa shape index (κ2) is 6.23. The zero-order chi connectivity index (χ0) is 16.5. The fourth-order valence-electron chi connectivity index (χ4n) is 1.62. The van der Waals surface area contributed by atoms with E-state index in [9.17, 15) is 17.6 Å². The molecule has 9 heteroatoms. The number of aromatic carboxylic acids is 1. The van der Waals surface area contributed by atoms with Crippen molar-refractivity contribution in [1.29, 1.82) is 0 Å². The van der Waals surface area contributed by atoms with Crippen LogP contribution in [0.1, 0.15) is 10.4 Å². The van der Waals surface area contributed by atoms with Crippen molar-refractivity contribution < 1.29 is 22.7 Å². The zero-order valence-electron chi connectivity index (χ0n) is 10.7. The molecular formula is C13H8BrClFNO4S. The molecule has 2 aromatic rings. The summed E-state index contributed by atoms with van der Waals surface area (Å²) in [4.78, 5) is 10.7. The van der Waals surface area contributed by atoms with Crippen LogP contribution in [0.4, 0.5) is 10.1 Å². The molecule has 2 aromatic carbocycles. The van der Waals surface area contributed by atoms with Gasteiger partial charge in [0.15, 0.2) is 0 Å². The lowest BCUT2D eigenvalue weighted by Crippen LogP contribution is -2.14. The van der Waals surface area contributed by atoms with E-state index in [2.05, 4.69) is 20.7 Å². The van der Waals surface area contributed by atoms with E-state index < -0.39 is 21.8 Å². The number of benzene rings is 2. The van der Waals surface area contributed by atoms with Crippen LogP contribution >= 0.6 is 27.5 Å². The van der Waals surface area contributed by atoms with Gasteiger partial charge >= 0.3 is 5.97 Å². The summed E-state index contributed by atoms with van der Waals surface area (Å²) in [6.45, 7) is 0. The normalized spacial score (nSPS) is 11.2. The lowest BCUT2D eigenvalue weighted by atomic mass is 10.2. The first kappa shape index (κ1) is 16.7. The van der Waals surface area contributed by atoms with E-state index in [0.717, 1.165) is 24.3 Å². The van der Waals surface area contributed by atoms with Crippen molar-refractivity contribution in [2.45, 2.75) is 4.90 Å². The van der Waals surface area contributed by atoms with Crippen molar-refractivity contribution in [3.05, 3.63) is 57.3 Å². The molecule has 0 atom stereocenters. The number of rotatable bonds is 4. The van der Waals surface area contributed by atoms with Crippen molar-refractivity contribution >= 4 is 49.2 Å². The molecule has 2 rings (SSSR count). The summed E-state index contributed by atoms with van der Waals surface area (Å²) >= 11 is 8.79. The van der Waals surface area contributed by atoms with Crippen LogP contribution in [0.3, 0.4) is 0 Å². The Morgan fingerprint density at radius 2 is 1.91 bits per heavy atom. The van der Waals surface area contributed by atoms with Crippen molar-refractivity contribution in [3.63, 3.8) is 0 Å². The second-order valence-electron chi connectivity index (χ2n) is 4.18.